The Morgan fingerprint density at radius 3 is 2.10 bits per heavy atom. The second kappa shape index (κ2) is 4.89. The van der Waals surface area contributed by atoms with Gasteiger partial charge in [-0.3, -0.25) is 9.48 Å². The number of rotatable bonds is 2. The topological polar surface area (TPSA) is 34.9 Å². The Morgan fingerprint density at radius 2 is 1.65 bits per heavy atom. The Hall–Kier alpha value is -1.90. The maximum absolute atomic E-state index is 11.4. The highest BCUT2D eigenvalue weighted by molar-refractivity contribution is 5.87. The summed E-state index contributed by atoms with van der Waals surface area (Å²) in [6, 6.07) is 4.26. The molecule has 106 valence electrons. The minimum Gasteiger partial charge on any atom is -0.298 e. The van der Waals surface area contributed by atoms with Crippen molar-refractivity contribution in [1.82, 2.24) is 9.78 Å². The monoisotopic (exact) mass is 270 g/mol. The maximum atomic E-state index is 11.4. The van der Waals surface area contributed by atoms with Gasteiger partial charge in [-0.25, -0.2) is 0 Å². The second-order valence-electron chi connectivity index (χ2n) is 6.44. The molecule has 2 rings (SSSR count). The van der Waals surface area contributed by atoms with Crippen molar-refractivity contribution >= 4 is 6.29 Å². The van der Waals surface area contributed by atoms with Gasteiger partial charge < -0.3 is 0 Å². The van der Waals surface area contributed by atoms with E-state index in [4.69, 9.17) is 0 Å². The highest BCUT2D eigenvalue weighted by atomic mass is 16.1. The first kappa shape index (κ1) is 14.5. The van der Waals surface area contributed by atoms with E-state index in [1.807, 2.05) is 10.9 Å². The molecule has 0 spiro atoms. The van der Waals surface area contributed by atoms with Crippen LogP contribution < -0.4 is 0 Å². The van der Waals surface area contributed by atoms with Crippen LogP contribution in [0.5, 0.6) is 0 Å². The van der Waals surface area contributed by atoms with Gasteiger partial charge in [0.25, 0.3) is 0 Å². The molecule has 0 radical (unpaired) electrons. The SMILES string of the molecule is Cc1cc(C)c(-c2nn(C(C)(C)C)cc2C=O)c(C)c1. The highest BCUT2D eigenvalue weighted by Crippen LogP contribution is 2.30. The molecule has 0 N–H and O–H groups in total. The average Bonchev–Trinajstić information content (AvgIpc) is 2.71. The Balaban J connectivity index is 2.70. The number of aromatic nitrogens is 2. The number of carbonyl (C=O) groups excluding carboxylic acids is 1. The van der Waals surface area contributed by atoms with Crippen molar-refractivity contribution in [3.8, 4) is 11.3 Å². The third-order valence-corrected chi connectivity index (χ3v) is 3.47. The molecule has 0 aliphatic rings. The molecule has 3 heteroatoms. The highest BCUT2D eigenvalue weighted by Gasteiger charge is 2.20. The largest absolute Gasteiger partial charge is 0.298 e. The third kappa shape index (κ3) is 2.53. The van der Waals surface area contributed by atoms with Crippen LogP contribution in [0, 0.1) is 20.8 Å². The van der Waals surface area contributed by atoms with Crippen molar-refractivity contribution in [3.63, 3.8) is 0 Å². The molecular formula is C17H22N2O. The summed E-state index contributed by atoms with van der Waals surface area (Å²) < 4.78 is 1.87. The van der Waals surface area contributed by atoms with Crippen molar-refractivity contribution in [3.05, 3.63) is 40.6 Å². The van der Waals surface area contributed by atoms with E-state index in [1.54, 1.807) is 0 Å². The first-order valence-corrected chi connectivity index (χ1v) is 6.87. The molecule has 20 heavy (non-hydrogen) atoms. The molecule has 1 aromatic heterocycles. The Morgan fingerprint density at radius 1 is 1.10 bits per heavy atom. The van der Waals surface area contributed by atoms with Crippen LogP contribution in [0.2, 0.25) is 0 Å². The molecule has 0 amide bonds. The van der Waals surface area contributed by atoms with E-state index in [0.717, 1.165) is 28.7 Å². The van der Waals surface area contributed by atoms with Gasteiger partial charge in [0.2, 0.25) is 0 Å². The average molecular weight is 270 g/mol. The lowest BCUT2D eigenvalue weighted by Gasteiger charge is -2.19. The molecule has 1 heterocycles. The molecule has 0 saturated carbocycles. The molecule has 0 atom stereocenters. The predicted octanol–water partition coefficient (Wildman–Crippen LogP) is 4.04. The van der Waals surface area contributed by atoms with E-state index in [1.165, 1.54) is 5.56 Å². The van der Waals surface area contributed by atoms with E-state index in [9.17, 15) is 4.79 Å². The quantitative estimate of drug-likeness (QED) is 0.772. The van der Waals surface area contributed by atoms with E-state index < -0.39 is 0 Å². The molecular weight excluding hydrogens is 248 g/mol. The summed E-state index contributed by atoms with van der Waals surface area (Å²) in [5.41, 5.74) is 5.91. The molecule has 0 bridgehead atoms. The second-order valence-corrected chi connectivity index (χ2v) is 6.44. The van der Waals surface area contributed by atoms with Crippen LogP contribution in [0.3, 0.4) is 0 Å². The van der Waals surface area contributed by atoms with Crippen molar-refractivity contribution in [2.75, 3.05) is 0 Å². The zero-order chi connectivity index (χ0) is 15.1. The fourth-order valence-corrected chi connectivity index (χ4v) is 2.56. The van der Waals surface area contributed by atoms with Gasteiger partial charge in [-0.15, -0.1) is 0 Å². The number of aldehydes is 1. The lowest BCUT2D eigenvalue weighted by molar-refractivity contribution is 0.112. The van der Waals surface area contributed by atoms with Gasteiger partial charge in [0.1, 0.15) is 5.69 Å². The van der Waals surface area contributed by atoms with E-state index in [2.05, 4.69) is 58.8 Å². The predicted molar refractivity (Wildman–Crippen MR) is 82.3 cm³/mol. The van der Waals surface area contributed by atoms with Crippen molar-refractivity contribution < 1.29 is 4.79 Å². The minimum atomic E-state index is -0.136. The standard InChI is InChI=1S/C17H22N2O/c1-11-7-12(2)15(13(3)8-11)16-14(10-20)9-19(18-16)17(4,5)6/h7-10H,1-6H3. The number of aryl methyl sites for hydroxylation is 3. The van der Waals surface area contributed by atoms with Crippen molar-refractivity contribution in [2.45, 2.75) is 47.1 Å². The van der Waals surface area contributed by atoms with Crippen LogP contribution in [0.4, 0.5) is 0 Å². The lowest BCUT2D eigenvalue weighted by Crippen LogP contribution is -2.22. The number of nitrogens with zero attached hydrogens (tertiary/aromatic N) is 2. The van der Waals surface area contributed by atoms with Crippen LogP contribution in [0.15, 0.2) is 18.3 Å². The van der Waals surface area contributed by atoms with Crippen LogP contribution >= 0.6 is 0 Å². The molecule has 0 aliphatic heterocycles. The fourth-order valence-electron chi connectivity index (χ4n) is 2.56. The molecule has 0 aliphatic carbocycles. The molecule has 0 fully saturated rings. The number of hydrogen-bond acceptors (Lipinski definition) is 2. The number of benzene rings is 1. The van der Waals surface area contributed by atoms with Crippen molar-refractivity contribution in [2.24, 2.45) is 0 Å². The Bertz CT molecular complexity index is 637. The summed E-state index contributed by atoms with van der Waals surface area (Å²) in [5, 5.41) is 4.66. The van der Waals surface area contributed by atoms with Gasteiger partial charge in [-0.05, 0) is 52.7 Å². The number of carbonyl (C=O) groups is 1. The normalized spacial score (nSPS) is 11.7. The van der Waals surface area contributed by atoms with Crippen molar-refractivity contribution in [1.29, 1.82) is 0 Å². The first-order chi connectivity index (χ1) is 9.24. The Kier molecular flexibility index (Phi) is 3.55. The molecule has 3 nitrogen and oxygen atoms in total. The summed E-state index contributed by atoms with van der Waals surface area (Å²) in [6.07, 6.45) is 2.73. The summed E-state index contributed by atoms with van der Waals surface area (Å²) in [6.45, 7) is 12.5. The van der Waals surface area contributed by atoms with Gasteiger partial charge in [0.05, 0.1) is 11.1 Å². The zero-order valence-corrected chi connectivity index (χ0v) is 13.1. The summed E-state index contributed by atoms with van der Waals surface area (Å²) >= 11 is 0. The number of hydrogen-bond donors (Lipinski definition) is 0. The molecule has 0 saturated heterocycles. The van der Waals surface area contributed by atoms with Gasteiger partial charge in [0, 0.05) is 11.8 Å². The van der Waals surface area contributed by atoms with E-state index in [-0.39, 0.29) is 5.54 Å². The van der Waals surface area contributed by atoms with Crippen LogP contribution in [-0.4, -0.2) is 16.1 Å². The van der Waals surface area contributed by atoms with Gasteiger partial charge in [-0.1, -0.05) is 17.7 Å². The van der Waals surface area contributed by atoms with E-state index >= 15 is 0 Å². The fraction of sp³-hybridized carbons (Fsp3) is 0.412. The van der Waals surface area contributed by atoms with Crippen LogP contribution in [0.25, 0.3) is 11.3 Å². The minimum absolute atomic E-state index is 0.136. The zero-order valence-electron chi connectivity index (χ0n) is 13.1. The van der Waals surface area contributed by atoms with Gasteiger partial charge in [0.15, 0.2) is 6.29 Å². The van der Waals surface area contributed by atoms with Crippen LogP contribution in [-0.2, 0) is 5.54 Å². The first-order valence-electron chi connectivity index (χ1n) is 6.87. The summed E-state index contributed by atoms with van der Waals surface area (Å²) in [7, 11) is 0. The maximum Gasteiger partial charge on any atom is 0.153 e. The Labute approximate surface area is 120 Å². The van der Waals surface area contributed by atoms with Gasteiger partial charge >= 0.3 is 0 Å². The van der Waals surface area contributed by atoms with Gasteiger partial charge in [-0.2, -0.15) is 5.10 Å². The smallest absolute Gasteiger partial charge is 0.153 e. The molecule has 2 aromatic rings. The molecule has 1 aromatic carbocycles. The summed E-state index contributed by atoms with van der Waals surface area (Å²) in [4.78, 5) is 11.4. The third-order valence-electron chi connectivity index (χ3n) is 3.47. The summed E-state index contributed by atoms with van der Waals surface area (Å²) in [5.74, 6) is 0. The lowest BCUT2D eigenvalue weighted by atomic mass is 9.96. The van der Waals surface area contributed by atoms with E-state index in [0.29, 0.717) is 5.56 Å². The molecule has 0 unspecified atom stereocenters. The van der Waals surface area contributed by atoms with Crippen LogP contribution in [0.1, 0.15) is 47.8 Å².